The van der Waals surface area contributed by atoms with Gasteiger partial charge in [0.15, 0.2) is 5.78 Å². The first-order valence-corrected chi connectivity index (χ1v) is 4.84. The number of ether oxygens (including phenoxy) is 1. The van der Waals surface area contributed by atoms with Crippen molar-refractivity contribution in [3.05, 3.63) is 22.8 Å². The van der Waals surface area contributed by atoms with Crippen LogP contribution in [0.1, 0.15) is 23.2 Å². The van der Waals surface area contributed by atoms with Gasteiger partial charge in [-0.25, -0.2) is 4.98 Å². The Hall–Kier alpha value is -1.09. The number of Topliss-reactive ketones (excluding diaryl/α,β-unsaturated/α-hetero) is 1. The number of methoxy groups -OCH3 is 1. The van der Waals surface area contributed by atoms with Crippen LogP contribution in [-0.2, 0) is 0 Å². The molecule has 3 nitrogen and oxygen atoms in total. The highest BCUT2D eigenvalue weighted by molar-refractivity contribution is 6.34. The van der Waals surface area contributed by atoms with Crippen molar-refractivity contribution in [3.63, 3.8) is 0 Å². The van der Waals surface area contributed by atoms with E-state index in [2.05, 4.69) is 4.98 Å². The van der Waals surface area contributed by atoms with E-state index in [4.69, 9.17) is 16.3 Å². The SMILES string of the molecule is COc1nccc(Cl)c1C(=O)C1CC1. The lowest BCUT2D eigenvalue weighted by Gasteiger charge is -2.06. The fraction of sp³-hybridized carbons (Fsp3) is 0.400. The maximum atomic E-state index is 11.8. The lowest BCUT2D eigenvalue weighted by atomic mass is 10.1. The summed E-state index contributed by atoms with van der Waals surface area (Å²) in [6.07, 6.45) is 3.44. The van der Waals surface area contributed by atoms with Crippen LogP contribution in [-0.4, -0.2) is 17.9 Å². The number of nitrogens with zero attached hydrogens (tertiary/aromatic N) is 1. The van der Waals surface area contributed by atoms with E-state index in [0.29, 0.717) is 16.5 Å². The number of carbonyl (C=O) groups excluding carboxylic acids is 1. The van der Waals surface area contributed by atoms with Gasteiger partial charge in [0.05, 0.1) is 17.7 Å². The van der Waals surface area contributed by atoms with Crippen LogP contribution in [0.4, 0.5) is 0 Å². The molecule has 14 heavy (non-hydrogen) atoms. The number of halogens is 1. The number of hydrogen-bond donors (Lipinski definition) is 0. The molecular formula is C10H10ClNO2. The largest absolute Gasteiger partial charge is 0.480 e. The van der Waals surface area contributed by atoms with Crippen LogP contribution in [0.5, 0.6) is 5.88 Å². The predicted molar refractivity (Wildman–Crippen MR) is 52.9 cm³/mol. The van der Waals surface area contributed by atoms with E-state index in [9.17, 15) is 4.79 Å². The van der Waals surface area contributed by atoms with Gasteiger partial charge in [-0.3, -0.25) is 4.79 Å². The van der Waals surface area contributed by atoms with Gasteiger partial charge in [-0.2, -0.15) is 0 Å². The van der Waals surface area contributed by atoms with Crippen LogP contribution < -0.4 is 4.74 Å². The molecule has 0 spiro atoms. The minimum atomic E-state index is 0.0555. The normalized spacial score (nSPS) is 15.3. The highest BCUT2D eigenvalue weighted by atomic mass is 35.5. The van der Waals surface area contributed by atoms with E-state index < -0.39 is 0 Å². The molecule has 0 saturated heterocycles. The number of aromatic nitrogens is 1. The van der Waals surface area contributed by atoms with Crippen LogP contribution in [0.2, 0.25) is 5.02 Å². The summed E-state index contributed by atoms with van der Waals surface area (Å²) in [5, 5.41) is 0.425. The van der Waals surface area contributed by atoms with Gasteiger partial charge in [0.2, 0.25) is 5.88 Å². The van der Waals surface area contributed by atoms with Crippen molar-refractivity contribution in [2.75, 3.05) is 7.11 Å². The third-order valence-electron chi connectivity index (χ3n) is 2.25. The summed E-state index contributed by atoms with van der Waals surface area (Å²) in [4.78, 5) is 15.8. The molecular weight excluding hydrogens is 202 g/mol. The van der Waals surface area contributed by atoms with E-state index in [1.165, 1.54) is 13.3 Å². The minimum absolute atomic E-state index is 0.0555. The minimum Gasteiger partial charge on any atom is -0.480 e. The highest BCUT2D eigenvalue weighted by Crippen LogP contribution is 2.36. The summed E-state index contributed by atoms with van der Waals surface area (Å²) in [6, 6.07) is 1.61. The zero-order chi connectivity index (χ0) is 10.1. The Morgan fingerprint density at radius 1 is 1.64 bits per heavy atom. The molecule has 2 rings (SSSR count). The van der Waals surface area contributed by atoms with Crippen molar-refractivity contribution in [1.29, 1.82) is 0 Å². The van der Waals surface area contributed by atoms with Crippen molar-refractivity contribution in [2.45, 2.75) is 12.8 Å². The first-order valence-electron chi connectivity index (χ1n) is 4.46. The van der Waals surface area contributed by atoms with E-state index in [-0.39, 0.29) is 11.7 Å². The third kappa shape index (κ3) is 1.60. The average molecular weight is 212 g/mol. The summed E-state index contributed by atoms with van der Waals surface area (Å²) in [5.74, 6) is 0.514. The third-order valence-corrected chi connectivity index (χ3v) is 2.57. The summed E-state index contributed by atoms with van der Waals surface area (Å²) < 4.78 is 5.01. The van der Waals surface area contributed by atoms with Crippen molar-refractivity contribution < 1.29 is 9.53 Å². The summed E-state index contributed by atoms with van der Waals surface area (Å²) in [6.45, 7) is 0. The number of pyridine rings is 1. The average Bonchev–Trinajstić information content (AvgIpc) is 2.99. The molecule has 1 aliphatic carbocycles. The van der Waals surface area contributed by atoms with Crippen LogP contribution in [0.3, 0.4) is 0 Å². The molecule has 1 heterocycles. The van der Waals surface area contributed by atoms with Gasteiger partial charge in [-0.1, -0.05) is 11.6 Å². The van der Waals surface area contributed by atoms with Crippen molar-refractivity contribution in [3.8, 4) is 5.88 Å². The Kier molecular flexibility index (Phi) is 2.42. The van der Waals surface area contributed by atoms with Crippen molar-refractivity contribution in [2.24, 2.45) is 5.92 Å². The molecule has 74 valence electrons. The zero-order valence-electron chi connectivity index (χ0n) is 7.79. The van der Waals surface area contributed by atoms with Gasteiger partial charge in [-0.05, 0) is 18.9 Å². The quantitative estimate of drug-likeness (QED) is 0.721. The monoisotopic (exact) mass is 211 g/mol. The lowest BCUT2D eigenvalue weighted by Crippen LogP contribution is -2.06. The molecule has 0 bridgehead atoms. The van der Waals surface area contributed by atoms with Gasteiger partial charge in [0.25, 0.3) is 0 Å². The Morgan fingerprint density at radius 3 is 2.93 bits per heavy atom. The Labute approximate surface area is 87.0 Å². The summed E-state index contributed by atoms with van der Waals surface area (Å²) in [5.41, 5.74) is 0.430. The molecule has 4 heteroatoms. The number of ketones is 1. The van der Waals surface area contributed by atoms with E-state index >= 15 is 0 Å². The molecule has 0 aromatic carbocycles. The summed E-state index contributed by atoms with van der Waals surface area (Å²) in [7, 11) is 1.49. The first kappa shape index (κ1) is 9.46. The second kappa shape index (κ2) is 3.58. The molecule has 0 unspecified atom stereocenters. The van der Waals surface area contributed by atoms with Crippen LogP contribution in [0, 0.1) is 5.92 Å². The molecule has 1 aromatic rings. The van der Waals surface area contributed by atoms with Gasteiger partial charge in [-0.15, -0.1) is 0 Å². The molecule has 1 aromatic heterocycles. The predicted octanol–water partition coefficient (Wildman–Crippen LogP) is 2.34. The van der Waals surface area contributed by atoms with Gasteiger partial charge in [0, 0.05) is 12.1 Å². The summed E-state index contributed by atoms with van der Waals surface area (Å²) >= 11 is 5.93. The van der Waals surface area contributed by atoms with Crippen LogP contribution in [0.15, 0.2) is 12.3 Å². The van der Waals surface area contributed by atoms with E-state index in [0.717, 1.165) is 12.8 Å². The molecule has 0 amide bonds. The molecule has 0 atom stereocenters. The molecule has 1 fully saturated rings. The maximum absolute atomic E-state index is 11.8. The molecule has 1 aliphatic rings. The van der Waals surface area contributed by atoms with Crippen LogP contribution >= 0.6 is 11.6 Å². The van der Waals surface area contributed by atoms with Crippen LogP contribution in [0.25, 0.3) is 0 Å². The lowest BCUT2D eigenvalue weighted by molar-refractivity contribution is 0.0964. The topological polar surface area (TPSA) is 39.2 Å². The maximum Gasteiger partial charge on any atom is 0.225 e. The molecule has 0 aliphatic heterocycles. The second-order valence-corrected chi connectivity index (χ2v) is 3.72. The van der Waals surface area contributed by atoms with Gasteiger partial charge in [0.1, 0.15) is 0 Å². The molecule has 0 N–H and O–H groups in total. The zero-order valence-corrected chi connectivity index (χ0v) is 8.54. The Bertz CT molecular complexity index is 374. The fourth-order valence-corrected chi connectivity index (χ4v) is 1.58. The number of carbonyl (C=O) groups is 1. The fourth-order valence-electron chi connectivity index (χ4n) is 1.35. The second-order valence-electron chi connectivity index (χ2n) is 3.32. The number of rotatable bonds is 3. The van der Waals surface area contributed by atoms with E-state index in [1.54, 1.807) is 6.07 Å². The number of hydrogen-bond acceptors (Lipinski definition) is 3. The Balaban J connectivity index is 2.42. The van der Waals surface area contributed by atoms with Gasteiger partial charge >= 0.3 is 0 Å². The first-order chi connectivity index (χ1) is 6.74. The van der Waals surface area contributed by atoms with Gasteiger partial charge < -0.3 is 4.74 Å². The van der Waals surface area contributed by atoms with Crippen molar-refractivity contribution >= 4 is 17.4 Å². The molecule has 0 radical (unpaired) electrons. The smallest absolute Gasteiger partial charge is 0.225 e. The Morgan fingerprint density at radius 2 is 2.36 bits per heavy atom. The highest BCUT2D eigenvalue weighted by Gasteiger charge is 2.33. The van der Waals surface area contributed by atoms with Crippen molar-refractivity contribution in [1.82, 2.24) is 4.98 Å². The standard InChI is InChI=1S/C10H10ClNO2/c1-14-10-8(7(11)4-5-12-10)9(13)6-2-3-6/h4-6H,2-3H2,1H3. The molecule has 1 saturated carbocycles. The van der Waals surface area contributed by atoms with E-state index in [1.807, 2.05) is 0 Å².